The molecule has 2 aliphatic rings. The molecule has 0 spiro atoms. The van der Waals surface area contributed by atoms with Crippen molar-refractivity contribution in [3.8, 4) is 0 Å². The molecule has 0 bridgehead atoms. The molecule has 0 radical (unpaired) electrons. The van der Waals surface area contributed by atoms with Gasteiger partial charge in [-0.15, -0.1) is 0 Å². The van der Waals surface area contributed by atoms with Crippen molar-refractivity contribution in [2.24, 2.45) is 5.92 Å². The Morgan fingerprint density at radius 2 is 2.24 bits per heavy atom. The molecule has 1 aliphatic heterocycles. The van der Waals surface area contributed by atoms with Crippen LogP contribution in [0, 0.1) is 5.92 Å². The van der Waals surface area contributed by atoms with Crippen molar-refractivity contribution in [1.29, 1.82) is 0 Å². The van der Waals surface area contributed by atoms with Gasteiger partial charge in [-0.2, -0.15) is 5.10 Å². The summed E-state index contributed by atoms with van der Waals surface area (Å²) >= 11 is 0. The van der Waals surface area contributed by atoms with E-state index in [4.69, 9.17) is 0 Å². The van der Waals surface area contributed by atoms with Crippen molar-refractivity contribution >= 4 is 5.91 Å². The third-order valence-corrected chi connectivity index (χ3v) is 5.60. The minimum Gasteiger partial charge on any atom is -0.342 e. The molecule has 3 heterocycles. The summed E-state index contributed by atoms with van der Waals surface area (Å²) in [4.78, 5) is 18.8. The minimum atomic E-state index is 0.279. The van der Waals surface area contributed by atoms with E-state index in [0.717, 1.165) is 50.9 Å². The molecule has 1 fully saturated rings. The average molecular weight is 338 g/mol. The highest BCUT2D eigenvalue weighted by Crippen LogP contribution is 2.24. The molecule has 1 unspecified atom stereocenters. The van der Waals surface area contributed by atoms with Crippen LogP contribution in [0.25, 0.3) is 0 Å². The van der Waals surface area contributed by atoms with Crippen LogP contribution < -0.4 is 0 Å². The van der Waals surface area contributed by atoms with E-state index in [1.54, 1.807) is 0 Å². The van der Waals surface area contributed by atoms with E-state index >= 15 is 0 Å². The van der Waals surface area contributed by atoms with Crippen molar-refractivity contribution < 1.29 is 4.79 Å². The zero-order chi connectivity index (χ0) is 17.1. The van der Waals surface area contributed by atoms with Crippen molar-refractivity contribution in [3.05, 3.63) is 47.0 Å². The molecule has 0 aromatic carbocycles. The van der Waals surface area contributed by atoms with Gasteiger partial charge < -0.3 is 4.90 Å². The number of H-pyrrole nitrogens is 1. The van der Waals surface area contributed by atoms with Gasteiger partial charge in [-0.25, -0.2) is 0 Å². The fourth-order valence-corrected chi connectivity index (χ4v) is 4.22. The number of fused-ring (bicyclic) bond motifs is 1. The Morgan fingerprint density at radius 1 is 1.32 bits per heavy atom. The quantitative estimate of drug-likeness (QED) is 0.912. The first kappa shape index (κ1) is 16.3. The number of amides is 1. The zero-order valence-electron chi connectivity index (χ0n) is 14.7. The number of nitrogens with one attached hydrogen (secondary N) is 1. The SMILES string of the molecule is O=C(CCc1n[nH]c2c1CCCC2)N1CCC(Cc2cccnc2)C1. The average Bonchev–Trinajstić information content (AvgIpc) is 3.28. The number of hydrogen-bond acceptors (Lipinski definition) is 3. The van der Waals surface area contributed by atoms with Gasteiger partial charge in [-0.05, 0) is 61.6 Å². The summed E-state index contributed by atoms with van der Waals surface area (Å²) in [5.41, 5.74) is 5.07. The molecule has 4 rings (SSSR count). The Morgan fingerprint density at radius 3 is 3.12 bits per heavy atom. The highest BCUT2D eigenvalue weighted by atomic mass is 16.2. The summed E-state index contributed by atoms with van der Waals surface area (Å²) in [5.74, 6) is 0.840. The van der Waals surface area contributed by atoms with Gasteiger partial charge in [-0.3, -0.25) is 14.9 Å². The maximum Gasteiger partial charge on any atom is 0.222 e. The Kier molecular flexibility index (Phi) is 4.81. The van der Waals surface area contributed by atoms with Gasteiger partial charge in [0, 0.05) is 44.0 Å². The van der Waals surface area contributed by atoms with E-state index < -0.39 is 0 Å². The summed E-state index contributed by atoms with van der Waals surface area (Å²) in [6.45, 7) is 1.77. The molecule has 1 amide bonds. The van der Waals surface area contributed by atoms with Crippen molar-refractivity contribution in [2.75, 3.05) is 13.1 Å². The van der Waals surface area contributed by atoms with E-state index in [0.29, 0.717) is 12.3 Å². The van der Waals surface area contributed by atoms with Crippen LogP contribution in [0.5, 0.6) is 0 Å². The predicted molar refractivity (Wildman–Crippen MR) is 96.2 cm³/mol. The second kappa shape index (κ2) is 7.38. The molecule has 5 heteroatoms. The lowest BCUT2D eigenvalue weighted by molar-refractivity contribution is -0.130. The van der Waals surface area contributed by atoms with E-state index in [1.165, 1.54) is 29.7 Å². The number of carbonyl (C=O) groups is 1. The molecule has 0 saturated carbocycles. The maximum absolute atomic E-state index is 12.6. The lowest BCUT2D eigenvalue weighted by Crippen LogP contribution is -2.29. The monoisotopic (exact) mass is 338 g/mol. The summed E-state index contributed by atoms with van der Waals surface area (Å²) in [6, 6.07) is 4.11. The molecule has 25 heavy (non-hydrogen) atoms. The van der Waals surface area contributed by atoms with Crippen molar-refractivity contribution in [3.63, 3.8) is 0 Å². The standard InChI is InChI=1S/C20H26N4O/c25-20(8-7-19-17-5-1-2-6-18(17)22-23-19)24-11-9-16(14-24)12-15-4-3-10-21-13-15/h3-4,10,13,16H,1-2,5-9,11-12,14H2,(H,22,23). The molecule has 132 valence electrons. The van der Waals surface area contributed by atoms with Crippen LogP contribution in [0.2, 0.25) is 0 Å². The van der Waals surface area contributed by atoms with Gasteiger partial charge in [0.05, 0.1) is 5.69 Å². The molecule has 2 aromatic rings. The van der Waals surface area contributed by atoms with Crippen LogP contribution >= 0.6 is 0 Å². The van der Waals surface area contributed by atoms with Gasteiger partial charge in [0.1, 0.15) is 0 Å². The summed E-state index contributed by atoms with van der Waals surface area (Å²) in [7, 11) is 0. The first-order valence-corrected chi connectivity index (χ1v) is 9.51. The first-order valence-electron chi connectivity index (χ1n) is 9.51. The van der Waals surface area contributed by atoms with E-state index in [9.17, 15) is 4.79 Å². The number of aromatic nitrogens is 3. The number of likely N-dealkylation sites (tertiary alicyclic amines) is 1. The number of carbonyl (C=O) groups excluding carboxylic acids is 1. The lowest BCUT2D eigenvalue weighted by atomic mass is 9.94. The van der Waals surface area contributed by atoms with E-state index in [2.05, 4.69) is 21.2 Å². The number of pyridine rings is 1. The predicted octanol–water partition coefficient (Wildman–Crippen LogP) is 2.71. The molecule has 1 saturated heterocycles. The highest BCUT2D eigenvalue weighted by Gasteiger charge is 2.26. The Bertz CT molecular complexity index is 725. The molecule has 2 aromatic heterocycles. The normalized spacial score (nSPS) is 19.8. The van der Waals surface area contributed by atoms with E-state index in [-0.39, 0.29) is 5.91 Å². The van der Waals surface area contributed by atoms with Crippen LogP contribution in [-0.4, -0.2) is 39.1 Å². The van der Waals surface area contributed by atoms with Crippen molar-refractivity contribution in [1.82, 2.24) is 20.1 Å². The molecule has 5 nitrogen and oxygen atoms in total. The van der Waals surface area contributed by atoms with E-state index in [1.807, 2.05) is 23.4 Å². The molecular formula is C20H26N4O. The highest BCUT2D eigenvalue weighted by molar-refractivity contribution is 5.76. The van der Waals surface area contributed by atoms with Gasteiger partial charge in [0.2, 0.25) is 5.91 Å². The van der Waals surface area contributed by atoms with Gasteiger partial charge in [-0.1, -0.05) is 6.07 Å². The van der Waals surface area contributed by atoms with Crippen molar-refractivity contribution in [2.45, 2.75) is 51.4 Å². The number of aromatic amines is 1. The fraction of sp³-hybridized carbons (Fsp3) is 0.550. The molecule has 1 N–H and O–H groups in total. The maximum atomic E-state index is 12.6. The lowest BCUT2D eigenvalue weighted by Gasteiger charge is -2.17. The first-order chi connectivity index (χ1) is 12.3. The molecule has 1 aliphatic carbocycles. The second-order valence-electron chi connectivity index (χ2n) is 7.39. The third kappa shape index (κ3) is 3.75. The van der Waals surface area contributed by atoms with Crippen LogP contribution in [-0.2, 0) is 30.5 Å². The number of nitrogens with zero attached hydrogens (tertiary/aromatic N) is 3. The second-order valence-corrected chi connectivity index (χ2v) is 7.39. The van der Waals surface area contributed by atoms with Crippen LogP contribution in [0.4, 0.5) is 0 Å². The zero-order valence-corrected chi connectivity index (χ0v) is 14.7. The Balaban J connectivity index is 1.28. The minimum absolute atomic E-state index is 0.279. The Labute approximate surface area is 148 Å². The topological polar surface area (TPSA) is 61.9 Å². The Hall–Kier alpha value is -2.17. The number of hydrogen-bond donors (Lipinski definition) is 1. The van der Waals surface area contributed by atoms with Gasteiger partial charge >= 0.3 is 0 Å². The third-order valence-electron chi connectivity index (χ3n) is 5.60. The summed E-state index contributed by atoms with van der Waals surface area (Å²) in [5, 5.41) is 7.64. The molecule has 1 atom stereocenters. The van der Waals surface area contributed by atoms with Crippen LogP contribution in [0.3, 0.4) is 0 Å². The largest absolute Gasteiger partial charge is 0.342 e. The smallest absolute Gasteiger partial charge is 0.222 e. The fourth-order valence-electron chi connectivity index (χ4n) is 4.22. The number of rotatable bonds is 5. The summed E-state index contributed by atoms with van der Waals surface area (Å²) < 4.78 is 0. The van der Waals surface area contributed by atoms with Crippen LogP contribution in [0.1, 0.15) is 48.2 Å². The van der Waals surface area contributed by atoms with Crippen LogP contribution in [0.15, 0.2) is 24.5 Å². The summed E-state index contributed by atoms with van der Waals surface area (Å²) in [6.07, 6.45) is 11.9. The molecular weight excluding hydrogens is 312 g/mol. The van der Waals surface area contributed by atoms with Gasteiger partial charge in [0.25, 0.3) is 0 Å². The van der Waals surface area contributed by atoms with Gasteiger partial charge in [0.15, 0.2) is 0 Å². The number of aryl methyl sites for hydroxylation is 2.